The van der Waals surface area contributed by atoms with E-state index in [1.54, 1.807) is 6.92 Å². The first kappa shape index (κ1) is 16.2. The van der Waals surface area contributed by atoms with Crippen molar-refractivity contribution < 1.29 is 14.3 Å². The van der Waals surface area contributed by atoms with Crippen LogP contribution in [0.2, 0.25) is 0 Å². The Kier molecular flexibility index (Phi) is 4.19. The highest BCUT2D eigenvalue weighted by Gasteiger charge is 2.60. The summed E-state index contributed by atoms with van der Waals surface area (Å²) in [7, 11) is 0. The number of Topliss-reactive ketones (excluding diaryl/α,β-unsaturated/α-hetero) is 1. The Morgan fingerprint density at radius 1 is 1.11 bits per heavy atom. The Hall–Kier alpha value is -0.860. The number of ketones is 1. The summed E-state index contributed by atoms with van der Waals surface area (Å²) in [6, 6.07) is 0. The van der Waals surface area contributed by atoms with Crippen molar-refractivity contribution in [3.63, 3.8) is 0 Å². The molecule has 0 N–H and O–H groups in total. The van der Waals surface area contributed by atoms with Crippen LogP contribution < -0.4 is 0 Å². The highest BCUT2D eigenvalue weighted by Crippen LogP contribution is 2.56. The minimum Gasteiger partial charge on any atom is -0.465 e. The standard InChI is InChI=1S/C16H28O3/c1-8-19-13(18)16(12(17)15(5,6)7)9-11(10-16)14(2,3)4/h11H,8-10H2,1-7H3. The fourth-order valence-corrected chi connectivity index (χ4v) is 2.83. The van der Waals surface area contributed by atoms with Gasteiger partial charge in [-0.05, 0) is 31.1 Å². The van der Waals surface area contributed by atoms with Crippen molar-refractivity contribution in [2.24, 2.45) is 22.2 Å². The van der Waals surface area contributed by atoms with Crippen molar-refractivity contribution in [2.75, 3.05) is 6.61 Å². The molecule has 3 heteroatoms. The molecule has 0 aromatic carbocycles. The lowest BCUT2D eigenvalue weighted by molar-refractivity contribution is -0.177. The van der Waals surface area contributed by atoms with Gasteiger partial charge in [-0.2, -0.15) is 0 Å². The van der Waals surface area contributed by atoms with E-state index in [0.717, 1.165) is 0 Å². The molecule has 0 aliphatic heterocycles. The van der Waals surface area contributed by atoms with E-state index in [1.165, 1.54) is 0 Å². The largest absolute Gasteiger partial charge is 0.465 e. The summed E-state index contributed by atoms with van der Waals surface area (Å²) in [6.45, 7) is 14.2. The van der Waals surface area contributed by atoms with Crippen molar-refractivity contribution in [1.82, 2.24) is 0 Å². The maximum Gasteiger partial charge on any atom is 0.319 e. The van der Waals surface area contributed by atoms with Crippen molar-refractivity contribution in [2.45, 2.75) is 61.3 Å². The summed E-state index contributed by atoms with van der Waals surface area (Å²) in [4.78, 5) is 24.9. The quantitative estimate of drug-likeness (QED) is 0.580. The van der Waals surface area contributed by atoms with Crippen LogP contribution in [-0.2, 0) is 14.3 Å². The molecule has 0 unspecified atom stereocenters. The molecule has 0 amide bonds. The van der Waals surface area contributed by atoms with Gasteiger partial charge in [0.15, 0.2) is 5.78 Å². The zero-order chi connectivity index (χ0) is 15.1. The number of rotatable bonds is 3. The monoisotopic (exact) mass is 268 g/mol. The summed E-state index contributed by atoms with van der Waals surface area (Å²) >= 11 is 0. The molecule has 110 valence electrons. The Labute approximate surface area is 117 Å². The van der Waals surface area contributed by atoms with E-state index in [2.05, 4.69) is 20.8 Å². The third kappa shape index (κ3) is 3.01. The predicted molar refractivity (Wildman–Crippen MR) is 75.7 cm³/mol. The van der Waals surface area contributed by atoms with Crippen LogP contribution in [0.5, 0.6) is 0 Å². The van der Waals surface area contributed by atoms with Gasteiger partial charge >= 0.3 is 5.97 Å². The lowest BCUT2D eigenvalue weighted by Gasteiger charge is -2.51. The lowest BCUT2D eigenvalue weighted by Crippen LogP contribution is -2.56. The fourth-order valence-electron chi connectivity index (χ4n) is 2.83. The van der Waals surface area contributed by atoms with Gasteiger partial charge in [-0.3, -0.25) is 9.59 Å². The number of esters is 1. The van der Waals surface area contributed by atoms with Crippen molar-refractivity contribution >= 4 is 11.8 Å². The first-order chi connectivity index (χ1) is 8.45. The molecule has 0 radical (unpaired) electrons. The van der Waals surface area contributed by atoms with Crippen LogP contribution in [0.1, 0.15) is 61.3 Å². The van der Waals surface area contributed by atoms with Gasteiger partial charge in [0.25, 0.3) is 0 Å². The average molecular weight is 268 g/mol. The van der Waals surface area contributed by atoms with Gasteiger partial charge in [0, 0.05) is 5.41 Å². The molecule has 0 bridgehead atoms. The van der Waals surface area contributed by atoms with Crippen LogP contribution in [0.25, 0.3) is 0 Å². The molecule has 1 rings (SSSR count). The second-order valence-corrected chi connectivity index (χ2v) is 7.85. The van der Waals surface area contributed by atoms with Gasteiger partial charge in [0.1, 0.15) is 5.41 Å². The van der Waals surface area contributed by atoms with Crippen molar-refractivity contribution in [3.05, 3.63) is 0 Å². The molecule has 0 atom stereocenters. The first-order valence-electron chi connectivity index (χ1n) is 7.17. The number of hydrogen-bond donors (Lipinski definition) is 0. The molecule has 0 saturated heterocycles. The van der Waals surface area contributed by atoms with Gasteiger partial charge in [-0.25, -0.2) is 0 Å². The molecule has 1 aliphatic rings. The number of carbonyl (C=O) groups excluding carboxylic acids is 2. The molecule has 0 spiro atoms. The molecule has 0 heterocycles. The lowest BCUT2D eigenvalue weighted by atomic mass is 9.50. The maximum absolute atomic E-state index is 12.7. The maximum atomic E-state index is 12.7. The van der Waals surface area contributed by atoms with Crippen LogP contribution >= 0.6 is 0 Å². The Morgan fingerprint density at radius 2 is 1.58 bits per heavy atom. The van der Waals surface area contributed by atoms with Crippen LogP contribution in [-0.4, -0.2) is 18.4 Å². The number of hydrogen-bond acceptors (Lipinski definition) is 3. The van der Waals surface area contributed by atoms with E-state index in [-0.39, 0.29) is 17.2 Å². The van der Waals surface area contributed by atoms with Crippen molar-refractivity contribution in [3.8, 4) is 0 Å². The molecule has 3 nitrogen and oxygen atoms in total. The topological polar surface area (TPSA) is 43.4 Å². The third-order valence-corrected chi connectivity index (χ3v) is 4.20. The van der Waals surface area contributed by atoms with Gasteiger partial charge in [-0.15, -0.1) is 0 Å². The second-order valence-electron chi connectivity index (χ2n) is 7.85. The van der Waals surface area contributed by atoms with Gasteiger partial charge in [0.05, 0.1) is 6.61 Å². The van der Waals surface area contributed by atoms with E-state index in [1.807, 2.05) is 20.8 Å². The molecule has 19 heavy (non-hydrogen) atoms. The smallest absolute Gasteiger partial charge is 0.319 e. The van der Waals surface area contributed by atoms with Crippen LogP contribution in [0, 0.1) is 22.2 Å². The molecule has 1 saturated carbocycles. The Morgan fingerprint density at radius 3 is 1.89 bits per heavy atom. The SMILES string of the molecule is CCOC(=O)C1(C(=O)C(C)(C)C)CC(C(C)(C)C)C1. The third-order valence-electron chi connectivity index (χ3n) is 4.20. The van der Waals surface area contributed by atoms with E-state index in [4.69, 9.17) is 4.74 Å². The van der Waals surface area contributed by atoms with E-state index >= 15 is 0 Å². The van der Waals surface area contributed by atoms with E-state index in [0.29, 0.717) is 25.4 Å². The summed E-state index contributed by atoms with van der Waals surface area (Å²) in [5.41, 5.74) is -1.27. The van der Waals surface area contributed by atoms with E-state index in [9.17, 15) is 9.59 Å². The minimum absolute atomic E-state index is 0.0268. The summed E-state index contributed by atoms with van der Waals surface area (Å²) in [5.74, 6) is 0.109. The first-order valence-corrected chi connectivity index (χ1v) is 7.17. The Balaban J connectivity index is 2.98. The number of ether oxygens (including phenoxy) is 1. The predicted octanol–water partition coefficient (Wildman–Crippen LogP) is 3.61. The molecule has 0 aromatic rings. The van der Waals surface area contributed by atoms with Gasteiger partial charge in [-0.1, -0.05) is 41.5 Å². The molecular weight excluding hydrogens is 240 g/mol. The van der Waals surface area contributed by atoms with Crippen LogP contribution in [0.3, 0.4) is 0 Å². The average Bonchev–Trinajstić information content (AvgIpc) is 2.12. The highest BCUT2D eigenvalue weighted by atomic mass is 16.5. The zero-order valence-corrected chi connectivity index (χ0v) is 13.4. The molecule has 0 aromatic heterocycles. The van der Waals surface area contributed by atoms with Crippen LogP contribution in [0.15, 0.2) is 0 Å². The second kappa shape index (κ2) is 4.92. The molecule has 1 aliphatic carbocycles. The number of carbonyl (C=O) groups is 2. The fraction of sp³-hybridized carbons (Fsp3) is 0.875. The molecule has 1 fully saturated rings. The van der Waals surface area contributed by atoms with E-state index < -0.39 is 10.8 Å². The van der Waals surface area contributed by atoms with Gasteiger partial charge < -0.3 is 4.74 Å². The van der Waals surface area contributed by atoms with Gasteiger partial charge in [0.2, 0.25) is 0 Å². The summed E-state index contributed by atoms with van der Waals surface area (Å²) in [5, 5.41) is 0. The summed E-state index contributed by atoms with van der Waals surface area (Å²) in [6.07, 6.45) is 1.26. The highest BCUT2D eigenvalue weighted by molar-refractivity contribution is 6.07. The van der Waals surface area contributed by atoms with Crippen LogP contribution in [0.4, 0.5) is 0 Å². The van der Waals surface area contributed by atoms with Crippen molar-refractivity contribution in [1.29, 1.82) is 0 Å². The Bertz CT molecular complexity index is 362. The molecular formula is C16H28O3. The minimum atomic E-state index is -0.897. The zero-order valence-electron chi connectivity index (χ0n) is 13.4. The summed E-state index contributed by atoms with van der Waals surface area (Å²) < 4.78 is 5.17. The normalized spacial score (nSPS) is 27.6.